The molecule has 0 radical (unpaired) electrons. The van der Waals surface area contributed by atoms with Crippen LogP contribution in [0.5, 0.6) is 0 Å². The number of fused-ring (bicyclic) bond motifs is 6. The van der Waals surface area contributed by atoms with Crippen LogP contribution in [0.4, 0.5) is 13.2 Å². The molecule has 0 atom stereocenters. The second-order valence-corrected chi connectivity index (χ2v) is 7.63. The second kappa shape index (κ2) is 5.20. The molecule has 0 N–H and O–H groups in total. The van der Waals surface area contributed by atoms with Gasteiger partial charge in [-0.25, -0.2) is 8.42 Å². The van der Waals surface area contributed by atoms with E-state index in [-0.39, 0.29) is 5.39 Å². The van der Waals surface area contributed by atoms with E-state index >= 15 is 0 Å². The van der Waals surface area contributed by atoms with Crippen LogP contribution in [-0.2, 0) is 9.84 Å². The number of alkyl halides is 3. The topological polar surface area (TPSA) is 34.1 Å². The standard InChI is InChI=1S/C19H11F3O2S/c20-19(21,22)25(23,24)17-11-5-10-16-14-7-2-1-6-12(14)13-8-3-4-9-15(13)18(16)17/h1-11H. The smallest absolute Gasteiger partial charge is 0.214 e. The molecule has 0 fully saturated rings. The molecule has 0 heterocycles. The molecule has 2 nitrogen and oxygen atoms in total. The molecule has 4 rings (SSSR count). The maximum Gasteiger partial charge on any atom is 0.501 e. The van der Waals surface area contributed by atoms with Gasteiger partial charge in [0.2, 0.25) is 0 Å². The Kier molecular flexibility index (Phi) is 3.30. The van der Waals surface area contributed by atoms with E-state index in [0.717, 1.165) is 22.2 Å². The Bertz CT molecular complexity index is 1200. The van der Waals surface area contributed by atoms with Gasteiger partial charge in [0.1, 0.15) is 0 Å². The number of hydrogen-bond donors (Lipinski definition) is 0. The predicted octanol–water partition coefficient (Wildman–Crippen LogP) is 5.44. The molecule has 0 aliphatic rings. The Morgan fingerprint density at radius 3 is 1.48 bits per heavy atom. The van der Waals surface area contributed by atoms with E-state index in [1.807, 2.05) is 12.1 Å². The number of benzene rings is 4. The van der Waals surface area contributed by atoms with Crippen LogP contribution in [0, 0.1) is 0 Å². The Labute approximate surface area is 141 Å². The lowest BCUT2D eigenvalue weighted by atomic mass is 9.94. The summed E-state index contributed by atoms with van der Waals surface area (Å²) >= 11 is 0. The minimum atomic E-state index is -5.46. The Morgan fingerprint density at radius 1 is 0.600 bits per heavy atom. The lowest BCUT2D eigenvalue weighted by Crippen LogP contribution is -2.23. The van der Waals surface area contributed by atoms with Crippen LogP contribution in [0.15, 0.2) is 71.6 Å². The summed E-state index contributed by atoms with van der Waals surface area (Å²) in [5, 5.41) is 3.38. The van der Waals surface area contributed by atoms with Gasteiger partial charge in [-0.1, -0.05) is 60.7 Å². The van der Waals surface area contributed by atoms with Gasteiger partial charge in [0.25, 0.3) is 9.84 Å². The molecule has 25 heavy (non-hydrogen) atoms. The fourth-order valence-electron chi connectivity index (χ4n) is 3.27. The highest BCUT2D eigenvalue weighted by atomic mass is 32.2. The summed E-state index contributed by atoms with van der Waals surface area (Å²) in [5.41, 5.74) is -5.35. The Morgan fingerprint density at radius 2 is 1.00 bits per heavy atom. The van der Waals surface area contributed by atoms with Crippen molar-refractivity contribution in [3.8, 4) is 0 Å². The van der Waals surface area contributed by atoms with Gasteiger partial charge < -0.3 is 0 Å². The molecule has 6 heteroatoms. The number of hydrogen-bond acceptors (Lipinski definition) is 2. The van der Waals surface area contributed by atoms with E-state index in [9.17, 15) is 21.6 Å². The number of halogens is 3. The summed E-state index contributed by atoms with van der Waals surface area (Å²) in [4.78, 5) is -0.709. The van der Waals surface area contributed by atoms with Crippen molar-refractivity contribution >= 4 is 42.2 Å². The average molecular weight is 360 g/mol. The Balaban J connectivity index is 2.34. The van der Waals surface area contributed by atoms with Crippen LogP contribution in [0.3, 0.4) is 0 Å². The van der Waals surface area contributed by atoms with E-state index in [2.05, 4.69) is 0 Å². The highest BCUT2D eigenvalue weighted by Gasteiger charge is 2.47. The fraction of sp³-hybridized carbons (Fsp3) is 0.0526. The first-order valence-electron chi connectivity index (χ1n) is 7.46. The van der Waals surface area contributed by atoms with Crippen molar-refractivity contribution < 1.29 is 21.6 Å². The zero-order chi connectivity index (χ0) is 17.8. The molecule has 0 saturated carbocycles. The van der Waals surface area contributed by atoms with Crippen molar-refractivity contribution in [2.75, 3.05) is 0 Å². The SMILES string of the molecule is O=S(=O)(c1cccc2c3ccccc3c3ccccc3c12)C(F)(F)F. The van der Waals surface area contributed by atoms with Crippen molar-refractivity contribution in [1.29, 1.82) is 0 Å². The van der Waals surface area contributed by atoms with E-state index in [1.54, 1.807) is 42.5 Å². The van der Waals surface area contributed by atoms with Crippen LogP contribution in [0.25, 0.3) is 32.3 Å². The summed E-state index contributed by atoms with van der Waals surface area (Å²) in [7, 11) is -5.46. The maximum absolute atomic E-state index is 13.2. The fourth-order valence-corrected chi connectivity index (χ4v) is 4.27. The molecule has 4 aromatic rings. The lowest BCUT2D eigenvalue weighted by Gasteiger charge is -2.15. The van der Waals surface area contributed by atoms with Crippen LogP contribution in [-0.4, -0.2) is 13.9 Å². The van der Waals surface area contributed by atoms with Crippen LogP contribution < -0.4 is 0 Å². The minimum Gasteiger partial charge on any atom is -0.214 e. The average Bonchev–Trinajstić information content (AvgIpc) is 2.60. The molecule has 4 aromatic carbocycles. The van der Waals surface area contributed by atoms with E-state index < -0.39 is 20.2 Å². The van der Waals surface area contributed by atoms with Crippen molar-refractivity contribution in [1.82, 2.24) is 0 Å². The monoisotopic (exact) mass is 360 g/mol. The number of sulfone groups is 1. The molecule has 0 aliphatic carbocycles. The van der Waals surface area contributed by atoms with Gasteiger partial charge in [0.15, 0.2) is 0 Å². The molecule has 0 aromatic heterocycles. The zero-order valence-electron chi connectivity index (χ0n) is 12.7. The minimum absolute atomic E-state index is 0.106. The molecule has 0 unspecified atom stereocenters. The largest absolute Gasteiger partial charge is 0.501 e. The lowest BCUT2D eigenvalue weighted by molar-refractivity contribution is -0.0435. The quantitative estimate of drug-likeness (QED) is 0.424. The van der Waals surface area contributed by atoms with Gasteiger partial charge in [-0.2, -0.15) is 13.2 Å². The third kappa shape index (κ3) is 2.21. The Hall–Kier alpha value is -2.60. The van der Waals surface area contributed by atoms with Crippen LogP contribution in [0.1, 0.15) is 0 Å². The first kappa shape index (κ1) is 15.9. The van der Waals surface area contributed by atoms with Gasteiger partial charge in [-0.15, -0.1) is 0 Å². The third-order valence-electron chi connectivity index (χ3n) is 4.32. The molecule has 0 bridgehead atoms. The van der Waals surface area contributed by atoms with E-state index in [4.69, 9.17) is 0 Å². The highest BCUT2D eigenvalue weighted by Crippen LogP contribution is 2.41. The van der Waals surface area contributed by atoms with Gasteiger partial charge in [-0.05, 0) is 33.0 Å². The van der Waals surface area contributed by atoms with Crippen LogP contribution >= 0.6 is 0 Å². The summed E-state index contributed by atoms with van der Waals surface area (Å²) in [6.07, 6.45) is 0. The van der Waals surface area contributed by atoms with Gasteiger partial charge in [0.05, 0.1) is 4.90 Å². The number of rotatable bonds is 1. The molecule has 0 aliphatic heterocycles. The normalized spacial score (nSPS) is 12.9. The molecule has 0 saturated heterocycles. The third-order valence-corrected chi connectivity index (χ3v) is 5.85. The van der Waals surface area contributed by atoms with Gasteiger partial charge >= 0.3 is 5.51 Å². The van der Waals surface area contributed by atoms with Gasteiger partial charge in [-0.3, -0.25) is 0 Å². The molecule has 0 spiro atoms. The predicted molar refractivity (Wildman–Crippen MR) is 92.2 cm³/mol. The second-order valence-electron chi connectivity index (χ2n) is 5.72. The zero-order valence-corrected chi connectivity index (χ0v) is 13.5. The first-order valence-corrected chi connectivity index (χ1v) is 8.94. The summed E-state index contributed by atoms with van der Waals surface area (Å²) in [6, 6.07) is 18.2. The van der Waals surface area contributed by atoms with Gasteiger partial charge in [0, 0.05) is 5.39 Å². The highest BCUT2D eigenvalue weighted by molar-refractivity contribution is 7.92. The summed E-state index contributed by atoms with van der Waals surface area (Å²) < 4.78 is 63.8. The van der Waals surface area contributed by atoms with Crippen molar-refractivity contribution in [2.45, 2.75) is 10.4 Å². The van der Waals surface area contributed by atoms with Crippen molar-refractivity contribution in [3.63, 3.8) is 0 Å². The van der Waals surface area contributed by atoms with E-state index in [1.165, 1.54) is 6.07 Å². The molecule has 126 valence electrons. The maximum atomic E-state index is 13.2. The van der Waals surface area contributed by atoms with Crippen molar-refractivity contribution in [3.05, 3.63) is 66.7 Å². The van der Waals surface area contributed by atoms with E-state index in [0.29, 0.717) is 10.8 Å². The molecular weight excluding hydrogens is 349 g/mol. The first-order chi connectivity index (χ1) is 11.8. The molecule has 0 amide bonds. The molecular formula is C19H11F3O2S. The summed E-state index contributed by atoms with van der Waals surface area (Å²) in [5.74, 6) is 0. The summed E-state index contributed by atoms with van der Waals surface area (Å²) in [6.45, 7) is 0. The van der Waals surface area contributed by atoms with Crippen molar-refractivity contribution in [2.24, 2.45) is 0 Å². The van der Waals surface area contributed by atoms with Crippen LogP contribution in [0.2, 0.25) is 0 Å².